The minimum Gasteiger partial charge on any atom is -0.507 e. The number of aromatic hydroxyl groups is 5. The standard InChI is InChI=1S/C87H121NO5/c1-78(2,3)61-41-53(42-62(73(61)89)79(4,5)6)33-51-31-32-71(58(35-51)36-55-45-65(82(13,14)15)75(91)66(46-55)83(16,17)18)88-72-59(39-56-47-67(84(19,20)21)76(92)68(48-56)85(22,23)24)37-52(34-54-43-63(80(7,8)9)74(90)64(44-54)81(10,11)12)38-60(72)40-57-49-69(86(25,26)27)77(93)70(50-57)87(28,29)30/h31-32,35,37-38,41-50,88-93H,33-34,36,39-40H2,1-30H3. The van der Waals surface area contributed by atoms with Gasteiger partial charge in [0.15, 0.2) is 0 Å². The first-order valence-corrected chi connectivity index (χ1v) is 34.3. The zero-order chi connectivity index (χ0) is 70.4. The van der Waals surface area contributed by atoms with Crippen molar-refractivity contribution in [3.63, 3.8) is 0 Å². The van der Waals surface area contributed by atoms with Crippen molar-refractivity contribution in [1.82, 2.24) is 0 Å². The van der Waals surface area contributed by atoms with Gasteiger partial charge in [-0.2, -0.15) is 0 Å². The molecule has 7 rings (SSSR count). The lowest BCUT2D eigenvalue weighted by Gasteiger charge is -2.29. The first-order chi connectivity index (χ1) is 41.9. The average molecular weight is 1260 g/mol. The summed E-state index contributed by atoms with van der Waals surface area (Å²) in [5.74, 6) is 1.77. The highest BCUT2D eigenvalue weighted by atomic mass is 16.3. The van der Waals surface area contributed by atoms with E-state index >= 15 is 0 Å². The van der Waals surface area contributed by atoms with E-state index in [1.807, 2.05) is 0 Å². The molecule has 0 fully saturated rings. The Morgan fingerprint density at radius 1 is 0.215 bits per heavy atom. The Morgan fingerprint density at radius 3 is 0.602 bits per heavy atom. The van der Waals surface area contributed by atoms with Gasteiger partial charge in [-0.1, -0.05) is 293 Å². The first kappa shape index (κ1) is 73.7. The van der Waals surface area contributed by atoms with Gasteiger partial charge in [0.1, 0.15) is 28.7 Å². The second-order valence-electron chi connectivity index (χ2n) is 38.0. The smallest absolute Gasteiger partial charge is 0.123 e. The molecule has 93 heavy (non-hydrogen) atoms. The van der Waals surface area contributed by atoms with E-state index in [9.17, 15) is 25.5 Å². The van der Waals surface area contributed by atoms with Crippen LogP contribution in [-0.4, -0.2) is 25.5 Å². The third kappa shape index (κ3) is 17.1. The molecule has 6 heteroatoms. The molecule has 0 radical (unpaired) electrons. The van der Waals surface area contributed by atoms with Gasteiger partial charge in [-0.05, 0) is 204 Å². The predicted molar refractivity (Wildman–Crippen MR) is 398 cm³/mol. The lowest BCUT2D eigenvalue weighted by molar-refractivity contribution is 0.422. The molecule has 504 valence electrons. The lowest BCUT2D eigenvalue weighted by Crippen LogP contribution is -2.18. The second kappa shape index (κ2) is 25.2. The molecule has 7 aromatic carbocycles. The molecule has 0 amide bonds. The lowest BCUT2D eigenvalue weighted by atomic mass is 9.77. The summed E-state index contributed by atoms with van der Waals surface area (Å²) in [5, 5.41) is 64.8. The summed E-state index contributed by atoms with van der Waals surface area (Å²) < 4.78 is 0. The van der Waals surface area contributed by atoms with Gasteiger partial charge >= 0.3 is 0 Å². The van der Waals surface area contributed by atoms with Gasteiger partial charge in [0.2, 0.25) is 0 Å². The SMILES string of the molecule is CC(C)(C)c1cc(Cc2ccc(Nc3c(Cc4cc(C(C)(C)C)c(O)c(C(C)(C)C)c4)cc(Cc4cc(C(C)(C)C)c(O)c(C(C)(C)C)c4)cc3Cc3cc(C(C)(C)C)c(O)c(C(C)(C)C)c3)c(Cc3cc(C(C)(C)C)c(O)c(C(C)(C)C)c3)c2)cc(C(C)(C)C)c1O. The Hall–Kier alpha value is -6.66. The minimum absolute atomic E-state index is 0.293. The summed E-state index contributed by atoms with van der Waals surface area (Å²) >= 11 is 0. The molecule has 0 saturated carbocycles. The number of rotatable bonds is 12. The van der Waals surface area contributed by atoms with E-state index in [2.05, 4.69) is 304 Å². The molecule has 0 aliphatic carbocycles. The van der Waals surface area contributed by atoms with Crippen LogP contribution in [0.5, 0.6) is 28.7 Å². The number of anilines is 2. The van der Waals surface area contributed by atoms with E-state index < -0.39 is 0 Å². The monoisotopic (exact) mass is 1260 g/mol. The Bertz CT molecular complexity index is 3640. The molecule has 6 N–H and O–H groups in total. The van der Waals surface area contributed by atoms with Crippen LogP contribution in [0.15, 0.2) is 91.0 Å². The molecular weight excluding hydrogens is 1140 g/mol. The zero-order valence-corrected chi connectivity index (χ0v) is 63.4. The van der Waals surface area contributed by atoms with Gasteiger partial charge in [-0.15, -0.1) is 0 Å². The maximum absolute atomic E-state index is 12.2. The molecule has 0 atom stereocenters. The summed E-state index contributed by atoms with van der Waals surface area (Å²) in [5.41, 5.74) is 18.9. The number of hydrogen-bond donors (Lipinski definition) is 6. The summed E-state index contributed by atoms with van der Waals surface area (Å²) in [6.45, 7) is 65.3. The first-order valence-electron chi connectivity index (χ1n) is 34.3. The molecule has 0 aliphatic heterocycles. The van der Waals surface area contributed by atoms with Crippen molar-refractivity contribution in [1.29, 1.82) is 0 Å². The maximum atomic E-state index is 12.2. The molecular formula is C87H121NO5. The number of nitrogens with one attached hydrogen (secondary N) is 1. The van der Waals surface area contributed by atoms with Gasteiger partial charge in [-0.3, -0.25) is 0 Å². The molecule has 6 nitrogen and oxygen atoms in total. The van der Waals surface area contributed by atoms with Crippen LogP contribution >= 0.6 is 0 Å². The topological polar surface area (TPSA) is 113 Å². The van der Waals surface area contributed by atoms with Crippen molar-refractivity contribution in [2.24, 2.45) is 0 Å². The van der Waals surface area contributed by atoms with E-state index in [-0.39, 0.29) is 54.1 Å². The number of phenols is 5. The Kier molecular flexibility index (Phi) is 19.9. The van der Waals surface area contributed by atoms with Crippen LogP contribution in [0.25, 0.3) is 0 Å². The molecule has 0 heterocycles. The normalized spacial score (nSPS) is 13.5. The largest absolute Gasteiger partial charge is 0.507 e. The highest BCUT2D eigenvalue weighted by Crippen LogP contribution is 2.48. The maximum Gasteiger partial charge on any atom is 0.123 e. The van der Waals surface area contributed by atoms with Crippen LogP contribution in [0.4, 0.5) is 11.4 Å². The molecule has 0 unspecified atom stereocenters. The molecule has 0 aromatic heterocycles. The quantitative estimate of drug-likeness (QED) is 0.0727. The highest BCUT2D eigenvalue weighted by molar-refractivity contribution is 5.73. The van der Waals surface area contributed by atoms with Crippen LogP contribution in [0.2, 0.25) is 0 Å². The fourth-order valence-corrected chi connectivity index (χ4v) is 13.4. The van der Waals surface area contributed by atoms with E-state index in [1.165, 1.54) is 0 Å². The third-order valence-corrected chi connectivity index (χ3v) is 18.7. The van der Waals surface area contributed by atoms with Crippen LogP contribution < -0.4 is 5.32 Å². The summed E-state index contributed by atoms with van der Waals surface area (Å²) in [7, 11) is 0. The van der Waals surface area contributed by atoms with Crippen molar-refractivity contribution in [2.45, 2.75) is 294 Å². The van der Waals surface area contributed by atoms with E-state index in [0.29, 0.717) is 60.9 Å². The van der Waals surface area contributed by atoms with Gasteiger partial charge in [0.05, 0.1) is 0 Å². The van der Waals surface area contributed by atoms with Crippen LogP contribution in [0.1, 0.15) is 319 Å². The number of phenolic OH excluding ortho intramolecular Hbond substituents is 5. The predicted octanol–water partition coefficient (Wildman–Crippen LogP) is 22.9. The van der Waals surface area contributed by atoms with Gasteiger partial charge in [0, 0.05) is 11.4 Å². The van der Waals surface area contributed by atoms with Crippen LogP contribution in [0, 0.1) is 0 Å². The van der Waals surface area contributed by atoms with Crippen molar-refractivity contribution in [3.8, 4) is 28.7 Å². The van der Waals surface area contributed by atoms with Crippen LogP contribution in [-0.2, 0) is 86.3 Å². The number of benzene rings is 7. The molecule has 0 spiro atoms. The summed E-state index contributed by atoms with van der Waals surface area (Å²) in [6.07, 6.45) is 2.91. The Morgan fingerprint density at radius 2 is 0.387 bits per heavy atom. The van der Waals surface area contributed by atoms with E-state index in [0.717, 1.165) is 123 Å². The fraction of sp³-hybridized carbons (Fsp3) is 0.517. The van der Waals surface area contributed by atoms with E-state index in [1.54, 1.807) is 0 Å². The highest BCUT2D eigenvalue weighted by Gasteiger charge is 2.33. The second-order valence-corrected chi connectivity index (χ2v) is 38.0. The Labute approximate surface area is 564 Å². The summed E-state index contributed by atoms with van der Waals surface area (Å²) in [6, 6.07) is 33.8. The van der Waals surface area contributed by atoms with Gasteiger partial charge in [-0.25, -0.2) is 0 Å². The van der Waals surface area contributed by atoms with E-state index in [4.69, 9.17) is 0 Å². The fourth-order valence-electron chi connectivity index (χ4n) is 13.4. The number of hydrogen-bond acceptors (Lipinski definition) is 6. The molecule has 0 saturated heterocycles. The van der Waals surface area contributed by atoms with Crippen molar-refractivity contribution in [2.75, 3.05) is 5.32 Å². The third-order valence-electron chi connectivity index (χ3n) is 18.7. The Balaban J connectivity index is 1.63. The molecule has 0 bridgehead atoms. The zero-order valence-electron chi connectivity index (χ0n) is 63.4. The van der Waals surface area contributed by atoms with Crippen molar-refractivity contribution < 1.29 is 25.5 Å². The van der Waals surface area contributed by atoms with Crippen LogP contribution in [0.3, 0.4) is 0 Å². The van der Waals surface area contributed by atoms with Crippen molar-refractivity contribution in [3.05, 3.63) is 202 Å². The summed E-state index contributed by atoms with van der Waals surface area (Å²) in [4.78, 5) is 0. The minimum atomic E-state index is -0.357. The average Bonchev–Trinajstić information content (AvgIpc) is 0.795. The molecule has 0 aliphatic rings. The van der Waals surface area contributed by atoms with Crippen molar-refractivity contribution >= 4 is 11.4 Å². The van der Waals surface area contributed by atoms with Gasteiger partial charge < -0.3 is 30.8 Å². The molecule has 7 aromatic rings. The van der Waals surface area contributed by atoms with Gasteiger partial charge in [0.25, 0.3) is 0 Å².